The molecule has 1 aromatic heterocycles. The van der Waals surface area contributed by atoms with E-state index in [9.17, 15) is 5.11 Å². The second kappa shape index (κ2) is 8.14. The van der Waals surface area contributed by atoms with Crippen molar-refractivity contribution in [3.8, 4) is 0 Å². The fourth-order valence-electron chi connectivity index (χ4n) is 2.83. The number of pyridine rings is 1. The molecule has 0 saturated heterocycles. The van der Waals surface area contributed by atoms with Crippen molar-refractivity contribution in [3.05, 3.63) is 95.3 Å². The van der Waals surface area contributed by atoms with Gasteiger partial charge in [-0.25, -0.2) is 0 Å². The van der Waals surface area contributed by atoms with Gasteiger partial charge in [-0.1, -0.05) is 42.5 Å². The minimum Gasteiger partial charge on any atom is -0.502 e. The Morgan fingerprint density at radius 2 is 1.63 bits per heavy atom. The lowest BCUT2D eigenvalue weighted by Gasteiger charge is -2.11. The average Bonchev–Trinajstić information content (AvgIpc) is 2.65. The molecule has 0 fully saturated rings. The van der Waals surface area contributed by atoms with Crippen molar-refractivity contribution in [3.63, 3.8) is 0 Å². The Morgan fingerprint density at radius 1 is 0.889 bits per heavy atom. The van der Waals surface area contributed by atoms with Crippen LogP contribution in [0.5, 0.6) is 0 Å². The van der Waals surface area contributed by atoms with Gasteiger partial charge in [0.05, 0.1) is 0 Å². The zero-order valence-electron chi connectivity index (χ0n) is 15.7. The SMILES string of the molecule is Cc1cccc(NC(=S)/C(=C(/O)c2ccc(C)c(C)c2)[n+]2ccccc2)c1. The van der Waals surface area contributed by atoms with Crippen LogP contribution in [0.1, 0.15) is 22.3 Å². The molecule has 1 heterocycles. The lowest BCUT2D eigenvalue weighted by Crippen LogP contribution is -2.38. The number of aliphatic hydroxyl groups excluding tert-OH is 1. The summed E-state index contributed by atoms with van der Waals surface area (Å²) >= 11 is 5.67. The molecule has 2 N–H and O–H groups in total. The number of aryl methyl sites for hydroxylation is 3. The molecule has 4 heteroatoms. The van der Waals surface area contributed by atoms with Crippen LogP contribution in [0.2, 0.25) is 0 Å². The Bertz CT molecular complexity index is 1010. The molecule has 0 aliphatic carbocycles. The molecule has 27 heavy (non-hydrogen) atoms. The Labute approximate surface area is 165 Å². The van der Waals surface area contributed by atoms with Crippen molar-refractivity contribution in [2.24, 2.45) is 0 Å². The zero-order chi connectivity index (χ0) is 19.4. The van der Waals surface area contributed by atoms with E-state index in [1.807, 2.05) is 91.5 Å². The van der Waals surface area contributed by atoms with Gasteiger partial charge in [-0.15, -0.1) is 0 Å². The van der Waals surface area contributed by atoms with E-state index >= 15 is 0 Å². The third kappa shape index (κ3) is 4.41. The number of rotatable bonds is 4. The van der Waals surface area contributed by atoms with E-state index in [1.54, 1.807) is 0 Å². The first-order chi connectivity index (χ1) is 13.0. The molecule has 0 unspecified atom stereocenters. The van der Waals surface area contributed by atoms with Gasteiger partial charge in [0, 0.05) is 23.4 Å². The van der Waals surface area contributed by atoms with Crippen LogP contribution in [0, 0.1) is 20.8 Å². The number of nitrogens with one attached hydrogen (secondary N) is 1. The predicted molar refractivity (Wildman–Crippen MR) is 116 cm³/mol. The third-order valence-corrected chi connectivity index (χ3v) is 4.76. The maximum Gasteiger partial charge on any atom is 0.288 e. The number of hydrogen-bond donors (Lipinski definition) is 2. The van der Waals surface area contributed by atoms with Gasteiger partial charge >= 0.3 is 0 Å². The van der Waals surface area contributed by atoms with Crippen LogP contribution in [0.25, 0.3) is 11.5 Å². The molecular formula is C23H23N2OS+. The highest BCUT2D eigenvalue weighted by Crippen LogP contribution is 2.21. The first-order valence-electron chi connectivity index (χ1n) is 8.81. The quantitative estimate of drug-likeness (QED) is 0.284. The van der Waals surface area contributed by atoms with Gasteiger partial charge in [-0.3, -0.25) is 0 Å². The van der Waals surface area contributed by atoms with Gasteiger partial charge in [-0.05, 0) is 55.7 Å². The summed E-state index contributed by atoms with van der Waals surface area (Å²) in [6.07, 6.45) is 3.74. The highest BCUT2D eigenvalue weighted by molar-refractivity contribution is 7.81. The molecule has 0 saturated carbocycles. The molecule has 0 radical (unpaired) electrons. The number of nitrogens with zero attached hydrogens (tertiary/aromatic N) is 1. The summed E-state index contributed by atoms with van der Waals surface area (Å²) in [6, 6.07) is 19.6. The second-order valence-electron chi connectivity index (χ2n) is 6.60. The van der Waals surface area contributed by atoms with Crippen molar-refractivity contribution in [1.82, 2.24) is 0 Å². The van der Waals surface area contributed by atoms with Gasteiger partial charge in [0.15, 0.2) is 23.1 Å². The predicted octanol–water partition coefficient (Wildman–Crippen LogP) is 5.22. The van der Waals surface area contributed by atoms with Crippen molar-refractivity contribution >= 4 is 34.3 Å². The summed E-state index contributed by atoms with van der Waals surface area (Å²) in [4.78, 5) is 0.451. The van der Waals surface area contributed by atoms with Crippen LogP contribution in [0.15, 0.2) is 73.1 Å². The van der Waals surface area contributed by atoms with Crippen LogP contribution < -0.4 is 9.88 Å². The van der Waals surface area contributed by atoms with Crippen LogP contribution in [-0.2, 0) is 0 Å². The third-order valence-electron chi connectivity index (χ3n) is 4.47. The lowest BCUT2D eigenvalue weighted by atomic mass is 10.0. The number of anilines is 1. The van der Waals surface area contributed by atoms with Crippen molar-refractivity contribution in [1.29, 1.82) is 0 Å². The monoisotopic (exact) mass is 375 g/mol. The fourth-order valence-corrected chi connectivity index (χ4v) is 3.15. The molecule has 0 bridgehead atoms. The first kappa shape index (κ1) is 18.8. The van der Waals surface area contributed by atoms with E-state index in [-0.39, 0.29) is 5.76 Å². The van der Waals surface area contributed by atoms with Gasteiger partial charge in [0.2, 0.25) is 0 Å². The van der Waals surface area contributed by atoms with Gasteiger partial charge in [-0.2, -0.15) is 4.57 Å². The van der Waals surface area contributed by atoms with Gasteiger partial charge < -0.3 is 10.4 Å². The number of benzene rings is 2. The largest absolute Gasteiger partial charge is 0.502 e. The van der Waals surface area contributed by atoms with E-state index in [1.165, 1.54) is 5.56 Å². The van der Waals surface area contributed by atoms with E-state index in [0.717, 1.165) is 22.4 Å². The van der Waals surface area contributed by atoms with Crippen LogP contribution in [0.3, 0.4) is 0 Å². The number of hydrogen-bond acceptors (Lipinski definition) is 2. The highest BCUT2D eigenvalue weighted by Gasteiger charge is 2.23. The molecule has 0 atom stereocenters. The molecule has 0 amide bonds. The highest BCUT2D eigenvalue weighted by atomic mass is 32.1. The van der Waals surface area contributed by atoms with E-state index in [2.05, 4.69) is 12.2 Å². The standard InChI is InChI=1S/C23H22N2OS/c1-16-8-7-9-20(14-16)24-23(27)21(25-12-5-4-6-13-25)22(26)19-11-10-17(2)18(3)15-19/h4-15H,1-3H3,(H-,24,26,27)/p+1. The summed E-state index contributed by atoms with van der Waals surface area (Å²) in [5.41, 5.74) is 5.60. The van der Waals surface area contributed by atoms with Crippen LogP contribution in [0.4, 0.5) is 5.69 Å². The van der Waals surface area contributed by atoms with Crippen molar-refractivity contribution in [2.75, 3.05) is 5.32 Å². The number of thiocarbonyl (C=S) groups is 1. The maximum absolute atomic E-state index is 11.1. The van der Waals surface area contributed by atoms with E-state index in [4.69, 9.17) is 12.2 Å². The summed E-state index contributed by atoms with van der Waals surface area (Å²) in [5.74, 6) is 0.138. The minimum atomic E-state index is 0.138. The zero-order valence-corrected chi connectivity index (χ0v) is 16.5. The normalized spacial score (nSPS) is 11.7. The molecular weight excluding hydrogens is 352 g/mol. The molecule has 0 spiro atoms. The number of aliphatic hydroxyl groups is 1. The Morgan fingerprint density at radius 3 is 2.30 bits per heavy atom. The average molecular weight is 376 g/mol. The molecule has 136 valence electrons. The van der Waals surface area contributed by atoms with E-state index in [0.29, 0.717) is 10.7 Å². The maximum atomic E-state index is 11.1. The topological polar surface area (TPSA) is 36.1 Å². The van der Waals surface area contributed by atoms with Crippen molar-refractivity contribution in [2.45, 2.75) is 20.8 Å². The van der Waals surface area contributed by atoms with Gasteiger partial charge in [0.25, 0.3) is 5.70 Å². The second-order valence-corrected chi connectivity index (χ2v) is 7.01. The summed E-state index contributed by atoms with van der Waals surface area (Å²) < 4.78 is 1.83. The molecule has 3 nitrogen and oxygen atoms in total. The number of aromatic nitrogens is 1. The molecule has 3 rings (SSSR count). The van der Waals surface area contributed by atoms with E-state index < -0.39 is 0 Å². The summed E-state index contributed by atoms with van der Waals surface area (Å²) in [6.45, 7) is 6.12. The summed E-state index contributed by atoms with van der Waals surface area (Å²) in [5, 5.41) is 14.3. The first-order valence-corrected chi connectivity index (χ1v) is 9.22. The Kier molecular flexibility index (Phi) is 5.67. The molecule has 0 aliphatic heterocycles. The Hall–Kier alpha value is -2.98. The van der Waals surface area contributed by atoms with Crippen molar-refractivity contribution < 1.29 is 9.67 Å². The fraction of sp³-hybridized carbons (Fsp3) is 0.130. The Balaban J connectivity index is 2.08. The smallest absolute Gasteiger partial charge is 0.288 e. The lowest BCUT2D eigenvalue weighted by molar-refractivity contribution is -0.575. The summed E-state index contributed by atoms with van der Waals surface area (Å²) in [7, 11) is 0. The van der Waals surface area contributed by atoms with Crippen LogP contribution in [-0.4, -0.2) is 10.1 Å². The molecule has 0 aliphatic rings. The van der Waals surface area contributed by atoms with Gasteiger partial charge in [0.1, 0.15) is 0 Å². The minimum absolute atomic E-state index is 0.138. The molecule has 3 aromatic rings. The molecule has 2 aromatic carbocycles. The van der Waals surface area contributed by atoms with Crippen LogP contribution >= 0.6 is 12.2 Å².